The summed E-state index contributed by atoms with van der Waals surface area (Å²) in [5, 5.41) is 0. The molecular weight excluding hydrogens is 245 g/mol. The van der Waals surface area contributed by atoms with Crippen molar-refractivity contribution in [1.29, 1.82) is 0 Å². The number of rotatable bonds is 5. The fraction of sp³-hybridized carbons (Fsp3) is 0.533. The minimum atomic E-state index is -0.405. The van der Waals surface area contributed by atoms with E-state index in [1.165, 1.54) is 25.3 Å². The maximum atomic E-state index is 13.3. The third kappa shape index (κ3) is 3.13. The van der Waals surface area contributed by atoms with Crippen molar-refractivity contribution < 1.29 is 13.9 Å². The lowest BCUT2D eigenvalue weighted by Crippen LogP contribution is -2.34. The van der Waals surface area contributed by atoms with Gasteiger partial charge in [0.1, 0.15) is 11.6 Å². The highest BCUT2D eigenvalue weighted by atomic mass is 19.1. The molecule has 1 aromatic carbocycles. The van der Waals surface area contributed by atoms with Gasteiger partial charge >= 0.3 is 0 Å². The molecule has 104 valence electrons. The summed E-state index contributed by atoms with van der Waals surface area (Å²) in [5.41, 5.74) is 0.337. The van der Waals surface area contributed by atoms with Crippen LogP contribution in [-0.2, 0) is 0 Å². The van der Waals surface area contributed by atoms with Crippen LogP contribution < -0.4 is 4.74 Å². The van der Waals surface area contributed by atoms with Gasteiger partial charge in [0.2, 0.25) is 0 Å². The molecule has 3 nitrogen and oxygen atoms in total. The molecule has 2 rings (SSSR count). The van der Waals surface area contributed by atoms with Crippen LogP contribution in [0.2, 0.25) is 0 Å². The van der Waals surface area contributed by atoms with Gasteiger partial charge in [-0.15, -0.1) is 0 Å². The van der Waals surface area contributed by atoms with E-state index < -0.39 is 5.82 Å². The maximum Gasteiger partial charge on any atom is 0.180 e. The van der Waals surface area contributed by atoms with Crippen molar-refractivity contribution >= 4 is 5.78 Å². The molecule has 0 aliphatic carbocycles. The van der Waals surface area contributed by atoms with Crippen LogP contribution in [0.4, 0.5) is 4.39 Å². The van der Waals surface area contributed by atoms with Crippen molar-refractivity contribution in [3.63, 3.8) is 0 Å². The van der Waals surface area contributed by atoms with Gasteiger partial charge in [-0.3, -0.25) is 9.69 Å². The lowest BCUT2D eigenvalue weighted by Gasteiger charge is -2.22. The SMILES string of the molecule is CCC1CCCN1CC(=O)c1cc(F)ccc1OC. The summed E-state index contributed by atoms with van der Waals surface area (Å²) in [5.74, 6) is -0.0343. The Hall–Kier alpha value is -1.42. The van der Waals surface area contributed by atoms with Crippen LogP contribution in [0.15, 0.2) is 18.2 Å². The summed E-state index contributed by atoms with van der Waals surface area (Å²) in [6.07, 6.45) is 3.32. The number of halogens is 1. The minimum absolute atomic E-state index is 0.0725. The summed E-state index contributed by atoms with van der Waals surface area (Å²) >= 11 is 0. The van der Waals surface area contributed by atoms with Gasteiger partial charge in [-0.05, 0) is 44.0 Å². The molecular formula is C15H20FNO2. The number of methoxy groups -OCH3 is 1. The van der Waals surface area contributed by atoms with Gasteiger partial charge in [0.05, 0.1) is 19.2 Å². The number of benzene rings is 1. The summed E-state index contributed by atoms with van der Waals surface area (Å²) in [6.45, 7) is 3.43. The second-order valence-corrected chi connectivity index (χ2v) is 4.94. The van der Waals surface area contributed by atoms with Gasteiger partial charge in [-0.2, -0.15) is 0 Å². The Bertz CT molecular complexity index is 461. The monoisotopic (exact) mass is 265 g/mol. The minimum Gasteiger partial charge on any atom is -0.496 e. The molecule has 0 N–H and O–H groups in total. The van der Waals surface area contributed by atoms with Crippen LogP contribution in [0.25, 0.3) is 0 Å². The van der Waals surface area contributed by atoms with Crippen molar-refractivity contribution in [2.24, 2.45) is 0 Å². The first kappa shape index (κ1) is 14.0. The van der Waals surface area contributed by atoms with Gasteiger partial charge in [0.15, 0.2) is 5.78 Å². The predicted octanol–water partition coefficient (Wildman–Crippen LogP) is 2.89. The Morgan fingerprint density at radius 2 is 2.32 bits per heavy atom. The summed E-state index contributed by atoms with van der Waals surface area (Å²) in [6, 6.07) is 4.55. The Labute approximate surface area is 113 Å². The van der Waals surface area contributed by atoms with E-state index in [1.807, 2.05) is 0 Å². The number of ketones is 1. The Morgan fingerprint density at radius 1 is 1.53 bits per heavy atom. The van der Waals surface area contributed by atoms with E-state index in [9.17, 15) is 9.18 Å². The van der Waals surface area contributed by atoms with E-state index in [4.69, 9.17) is 4.74 Å². The number of nitrogens with zero attached hydrogens (tertiary/aromatic N) is 1. The number of ether oxygens (including phenoxy) is 1. The average molecular weight is 265 g/mol. The van der Waals surface area contributed by atoms with E-state index in [1.54, 1.807) is 0 Å². The molecule has 1 aliphatic rings. The molecule has 1 aromatic rings. The van der Waals surface area contributed by atoms with Crippen LogP contribution in [0.5, 0.6) is 5.75 Å². The third-order valence-corrected chi connectivity index (χ3v) is 3.78. The molecule has 0 bridgehead atoms. The molecule has 4 heteroatoms. The zero-order valence-electron chi connectivity index (χ0n) is 11.5. The molecule has 1 saturated heterocycles. The molecule has 1 atom stereocenters. The van der Waals surface area contributed by atoms with E-state index in [2.05, 4.69) is 11.8 Å². The summed E-state index contributed by atoms with van der Waals surface area (Å²) in [4.78, 5) is 14.5. The number of hydrogen-bond acceptors (Lipinski definition) is 3. The third-order valence-electron chi connectivity index (χ3n) is 3.78. The summed E-state index contributed by atoms with van der Waals surface area (Å²) in [7, 11) is 1.49. The number of likely N-dealkylation sites (tertiary alicyclic amines) is 1. The van der Waals surface area contributed by atoms with E-state index in [-0.39, 0.29) is 5.78 Å². The lowest BCUT2D eigenvalue weighted by molar-refractivity contribution is 0.0916. The molecule has 19 heavy (non-hydrogen) atoms. The van der Waals surface area contributed by atoms with Crippen molar-refractivity contribution in [3.8, 4) is 5.75 Å². The van der Waals surface area contributed by atoms with E-state index >= 15 is 0 Å². The Balaban J connectivity index is 2.13. The molecule has 1 heterocycles. The fourth-order valence-electron chi connectivity index (χ4n) is 2.73. The van der Waals surface area contributed by atoms with Crippen LogP contribution in [0, 0.1) is 5.82 Å². The molecule has 0 amide bonds. The second-order valence-electron chi connectivity index (χ2n) is 4.94. The van der Waals surface area contributed by atoms with Gasteiger partial charge in [0, 0.05) is 6.04 Å². The topological polar surface area (TPSA) is 29.5 Å². The highest BCUT2D eigenvalue weighted by Crippen LogP contribution is 2.23. The van der Waals surface area contributed by atoms with E-state index in [0.717, 1.165) is 25.8 Å². The van der Waals surface area contributed by atoms with Gasteiger partial charge in [-0.1, -0.05) is 6.92 Å². The number of hydrogen-bond donors (Lipinski definition) is 0. The second kappa shape index (κ2) is 6.15. The van der Waals surface area contributed by atoms with Crippen LogP contribution >= 0.6 is 0 Å². The van der Waals surface area contributed by atoms with Crippen molar-refractivity contribution in [1.82, 2.24) is 4.90 Å². The predicted molar refractivity (Wildman–Crippen MR) is 72.2 cm³/mol. The Morgan fingerprint density at radius 3 is 3.00 bits per heavy atom. The molecule has 0 aromatic heterocycles. The first-order valence-electron chi connectivity index (χ1n) is 6.76. The largest absolute Gasteiger partial charge is 0.496 e. The maximum absolute atomic E-state index is 13.3. The highest BCUT2D eigenvalue weighted by molar-refractivity contribution is 6.00. The lowest BCUT2D eigenvalue weighted by atomic mass is 10.1. The van der Waals surface area contributed by atoms with Crippen LogP contribution in [0.1, 0.15) is 36.5 Å². The fourth-order valence-corrected chi connectivity index (χ4v) is 2.73. The standard InChI is InChI=1S/C15H20FNO2/c1-3-12-5-4-8-17(12)10-14(18)13-9-11(16)6-7-15(13)19-2/h6-7,9,12H,3-5,8,10H2,1-2H3. The normalized spacial score (nSPS) is 19.6. The number of carbonyl (C=O) groups is 1. The van der Waals surface area contributed by atoms with Crippen LogP contribution in [0.3, 0.4) is 0 Å². The molecule has 1 fully saturated rings. The molecule has 0 radical (unpaired) electrons. The smallest absolute Gasteiger partial charge is 0.180 e. The zero-order chi connectivity index (χ0) is 13.8. The van der Waals surface area contributed by atoms with Gasteiger partial charge in [0.25, 0.3) is 0 Å². The molecule has 0 spiro atoms. The van der Waals surface area contributed by atoms with Gasteiger partial charge < -0.3 is 4.74 Å². The van der Waals surface area contributed by atoms with Gasteiger partial charge in [-0.25, -0.2) is 4.39 Å². The number of carbonyl (C=O) groups excluding carboxylic acids is 1. The van der Waals surface area contributed by atoms with E-state index in [0.29, 0.717) is 23.9 Å². The van der Waals surface area contributed by atoms with Crippen molar-refractivity contribution in [2.75, 3.05) is 20.2 Å². The zero-order valence-corrected chi connectivity index (χ0v) is 11.5. The van der Waals surface area contributed by atoms with Crippen molar-refractivity contribution in [3.05, 3.63) is 29.6 Å². The first-order chi connectivity index (χ1) is 9.15. The first-order valence-corrected chi connectivity index (χ1v) is 6.76. The molecule has 0 saturated carbocycles. The highest BCUT2D eigenvalue weighted by Gasteiger charge is 2.26. The van der Waals surface area contributed by atoms with Crippen molar-refractivity contribution in [2.45, 2.75) is 32.2 Å². The quantitative estimate of drug-likeness (QED) is 0.767. The Kier molecular flexibility index (Phi) is 4.53. The number of Topliss-reactive ketones (excluding diaryl/α,β-unsaturated/α-hetero) is 1. The molecule has 1 unspecified atom stereocenters. The summed E-state index contributed by atoms with van der Waals surface area (Å²) < 4.78 is 18.4. The van der Waals surface area contributed by atoms with Crippen LogP contribution in [-0.4, -0.2) is 36.9 Å². The average Bonchev–Trinajstić information content (AvgIpc) is 2.85. The molecule has 1 aliphatic heterocycles.